The van der Waals surface area contributed by atoms with Crippen LogP contribution in [0, 0.1) is 0 Å². The number of rotatable bonds is 4. The van der Waals surface area contributed by atoms with Gasteiger partial charge in [0, 0.05) is 5.56 Å². The molecular formula is C15H20O4. The number of esters is 1. The SMILES string of the molecule is CC(C)Oc1ccc(C=O)cc1C(=O)OC(C)(C)C. The Bertz CT molecular complexity index is 470. The monoisotopic (exact) mass is 264 g/mol. The van der Waals surface area contributed by atoms with Gasteiger partial charge in [0.15, 0.2) is 0 Å². The van der Waals surface area contributed by atoms with Gasteiger partial charge in [0.25, 0.3) is 0 Å². The van der Waals surface area contributed by atoms with Crippen LogP contribution in [-0.2, 0) is 4.74 Å². The van der Waals surface area contributed by atoms with Gasteiger partial charge in [-0.2, -0.15) is 0 Å². The summed E-state index contributed by atoms with van der Waals surface area (Å²) < 4.78 is 10.9. The van der Waals surface area contributed by atoms with Crippen LogP contribution in [-0.4, -0.2) is 24.0 Å². The zero-order valence-electron chi connectivity index (χ0n) is 12.0. The molecule has 0 fully saturated rings. The Labute approximate surface area is 113 Å². The van der Waals surface area contributed by atoms with E-state index in [1.165, 1.54) is 6.07 Å². The lowest BCUT2D eigenvalue weighted by molar-refractivity contribution is 0.00648. The molecule has 1 aromatic rings. The average molecular weight is 264 g/mol. The second kappa shape index (κ2) is 5.87. The van der Waals surface area contributed by atoms with Crippen molar-refractivity contribution in [3.8, 4) is 5.75 Å². The van der Waals surface area contributed by atoms with Crippen LogP contribution in [0.4, 0.5) is 0 Å². The molecule has 0 unspecified atom stereocenters. The van der Waals surface area contributed by atoms with Crippen molar-refractivity contribution in [3.05, 3.63) is 29.3 Å². The number of benzene rings is 1. The lowest BCUT2D eigenvalue weighted by Gasteiger charge is -2.21. The fourth-order valence-corrected chi connectivity index (χ4v) is 1.47. The Kier molecular flexibility index (Phi) is 4.70. The van der Waals surface area contributed by atoms with E-state index in [0.717, 1.165) is 0 Å². The van der Waals surface area contributed by atoms with Crippen molar-refractivity contribution in [1.82, 2.24) is 0 Å². The minimum absolute atomic E-state index is 0.0664. The molecule has 0 atom stereocenters. The first-order chi connectivity index (χ1) is 8.73. The average Bonchev–Trinajstić information content (AvgIpc) is 2.26. The zero-order chi connectivity index (χ0) is 14.6. The van der Waals surface area contributed by atoms with E-state index in [1.807, 2.05) is 13.8 Å². The topological polar surface area (TPSA) is 52.6 Å². The van der Waals surface area contributed by atoms with Crippen molar-refractivity contribution in [2.24, 2.45) is 0 Å². The summed E-state index contributed by atoms with van der Waals surface area (Å²) in [5, 5.41) is 0. The van der Waals surface area contributed by atoms with Crippen LogP contribution in [0.25, 0.3) is 0 Å². The van der Waals surface area contributed by atoms with Crippen LogP contribution in [0.5, 0.6) is 5.75 Å². The van der Waals surface area contributed by atoms with Gasteiger partial charge in [-0.25, -0.2) is 4.79 Å². The van der Waals surface area contributed by atoms with Gasteiger partial charge >= 0.3 is 5.97 Å². The molecule has 0 saturated carbocycles. The molecule has 1 rings (SSSR count). The normalized spacial score (nSPS) is 11.3. The molecule has 0 aliphatic carbocycles. The van der Waals surface area contributed by atoms with Crippen molar-refractivity contribution in [2.75, 3.05) is 0 Å². The molecule has 0 radical (unpaired) electrons. The Morgan fingerprint density at radius 1 is 1.26 bits per heavy atom. The van der Waals surface area contributed by atoms with Crippen molar-refractivity contribution in [2.45, 2.75) is 46.3 Å². The van der Waals surface area contributed by atoms with Gasteiger partial charge in [-0.05, 0) is 52.8 Å². The third-order valence-electron chi connectivity index (χ3n) is 2.12. The highest BCUT2D eigenvalue weighted by molar-refractivity contribution is 5.94. The van der Waals surface area contributed by atoms with Crippen molar-refractivity contribution in [3.63, 3.8) is 0 Å². The van der Waals surface area contributed by atoms with Gasteiger partial charge in [-0.15, -0.1) is 0 Å². The lowest BCUT2D eigenvalue weighted by atomic mass is 10.1. The zero-order valence-corrected chi connectivity index (χ0v) is 12.0. The maximum Gasteiger partial charge on any atom is 0.342 e. The lowest BCUT2D eigenvalue weighted by Crippen LogP contribution is -2.24. The number of aldehydes is 1. The summed E-state index contributed by atoms with van der Waals surface area (Å²) >= 11 is 0. The van der Waals surface area contributed by atoms with E-state index >= 15 is 0 Å². The molecule has 4 nitrogen and oxygen atoms in total. The smallest absolute Gasteiger partial charge is 0.342 e. The quantitative estimate of drug-likeness (QED) is 0.619. The predicted octanol–water partition coefficient (Wildman–Crippen LogP) is 3.24. The summed E-state index contributed by atoms with van der Waals surface area (Å²) in [6.07, 6.45) is 0.621. The molecule has 0 amide bonds. The number of ether oxygens (including phenoxy) is 2. The van der Waals surface area contributed by atoms with Crippen LogP contribution in [0.2, 0.25) is 0 Å². The summed E-state index contributed by atoms with van der Waals surface area (Å²) in [5.41, 5.74) is 0.0915. The fraction of sp³-hybridized carbons (Fsp3) is 0.467. The van der Waals surface area contributed by atoms with E-state index in [2.05, 4.69) is 0 Å². The van der Waals surface area contributed by atoms with Gasteiger partial charge in [0.2, 0.25) is 0 Å². The fourth-order valence-electron chi connectivity index (χ4n) is 1.47. The van der Waals surface area contributed by atoms with E-state index in [1.54, 1.807) is 32.9 Å². The maximum atomic E-state index is 12.1. The second-order valence-corrected chi connectivity index (χ2v) is 5.54. The minimum Gasteiger partial charge on any atom is -0.490 e. The number of hydrogen-bond donors (Lipinski definition) is 0. The Morgan fingerprint density at radius 2 is 1.89 bits per heavy atom. The summed E-state index contributed by atoms with van der Waals surface area (Å²) in [5.74, 6) is -0.0679. The Morgan fingerprint density at radius 3 is 2.37 bits per heavy atom. The number of hydrogen-bond acceptors (Lipinski definition) is 4. The molecule has 19 heavy (non-hydrogen) atoms. The molecule has 1 aromatic carbocycles. The minimum atomic E-state index is -0.594. The molecule has 104 valence electrons. The molecule has 0 heterocycles. The first kappa shape index (κ1) is 15.2. The molecule has 0 N–H and O–H groups in total. The Balaban J connectivity index is 3.13. The summed E-state index contributed by atoms with van der Waals surface area (Å²) in [4.78, 5) is 22.9. The van der Waals surface area contributed by atoms with Crippen LogP contribution >= 0.6 is 0 Å². The van der Waals surface area contributed by atoms with E-state index < -0.39 is 11.6 Å². The molecular weight excluding hydrogens is 244 g/mol. The molecule has 0 saturated heterocycles. The molecule has 0 aliphatic heterocycles. The molecule has 0 aromatic heterocycles. The third kappa shape index (κ3) is 4.73. The van der Waals surface area contributed by atoms with Crippen LogP contribution in [0.1, 0.15) is 55.3 Å². The maximum absolute atomic E-state index is 12.1. The number of carbonyl (C=O) groups excluding carboxylic acids is 2. The standard InChI is InChI=1S/C15H20O4/c1-10(2)18-13-7-6-11(9-16)8-12(13)14(17)19-15(3,4)5/h6-10H,1-5H3. The molecule has 4 heteroatoms. The van der Waals surface area contributed by atoms with Crippen LogP contribution < -0.4 is 4.74 Å². The molecule has 0 aliphatic rings. The molecule has 0 bridgehead atoms. The predicted molar refractivity (Wildman–Crippen MR) is 72.8 cm³/mol. The van der Waals surface area contributed by atoms with E-state index in [4.69, 9.17) is 9.47 Å². The van der Waals surface area contributed by atoms with E-state index in [0.29, 0.717) is 17.6 Å². The van der Waals surface area contributed by atoms with Crippen molar-refractivity contribution < 1.29 is 19.1 Å². The highest BCUT2D eigenvalue weighted by atomic mass is 16.6. The van der Waals surface area contributed by atoms with Gasteiger partial charge in [-0.1, -0.05) is 0 Å². The van der Waals surface area contributed by atoms with Crippen LogP contribution in [0.15, 0.2) is 18.2 Å². The van der Waals surface area contributed by atoms with Crippen LogP contribution in [0.3, 0.4) is 0 Å². The highest BCUT2D eigenvalue weighted by Crippen LogP contribution is 2.24. The van der Waals surface area contributed by atoms with Gasteiger partial charge < -0.3 is 9.47 Å². The summed E-state index contributed by atoms with van der Waals surface area (Å²) in [6.45, 7) is 9.10. The third-order valence-corrected chi connectivity index (χ3v) is 2.12. The van der Waals surface area contributed by atoms with E-state index in [-0.39, 0.29) is 11.7 Å². The highest BCUT2D eigenvalue weighted by Gasteiger charge is 2.22. The summed E-state index contributed by atoms with van der Waals surface area (Å²) in [7, 11) is 0. The first-order valence-corrected chi connectivity index (χ1v) is 6.22. The van der Waals surface area contributed by atoms with Gasteiger partial charge in [0.05, 0.1) is 6.10 Å². The van der Waals surface area contributed by atoms with E-state index in [9.17, 15) is 9.59 Å². The van der Waals surface area contributed by atoms with Crippen molar-refractivity contribution in [1.29, 1.82) is 0 Å². The largest absolute Gasteiger partial charge is 0.490 e. The Hall–Kier alpha value is -1.84. The second-order valence-electron chi connectivity index (χ2n) is 5.54. The first-order valence-electron chi connectivity index (χ1n) is 6.22. The summed E-state index contributed by atoms with van der Waals surface area (Å²) in [6, 6.07) is 4.71. The van der Waals surface area contributed by atoms with Gasteiger partial charge in [0.1, 0.15) is 23.2 Å². The van der Waals surface area contributed by atoms with Gasteiger partial charge in [-0.3, -0.25) is 4.79 Å². The van der Waals surface area contributed by atoms with Crippen molar-refractivity contribution >= 4 is 12.3 Å². The molecule has 0 spiro atoms. The number of carbonyl (C=O) groups is 2.